The molecule has 0 aromatic heterocycles. The van der Waals surface area contributed by atoms with E-state index in [9.17, 15) is 52.8 Å². The molecule has 8 aliphatic rings. The molecule has 4 amide bonds. The number of nitrogens with one attached hydrogen (secondary N) is 4. The second kappa shape index (κ2) is 40.4. The predicted molar refractivity (Wildman–Crippen MR) is 370 cm³/mol. The van der Waals surface area contributed by atoms with Crippen molar-refractivity contribution < 1.29 is 124 Å². The molecule has 0 bridgehead atoms. The van der Waals surface area contributed by atoms with E-state index in [4.69, 9.17) is 38.4 Å². The van der Waals surface area contributed by atoms with Gasteiger partial charge in [0.1, 0.15) is 0 Å². The number of amides is 4. The Morgan fingerprint density at radius 2 is 0.491 bits per heavy atom. The van der Waals surface area contributed by atoms with Gasteiger partial charge in [-0.15, -0.1) is 20.4 Å². The average Bonchev–Trinajstić information content (AvgIpc) is 0.928. The molecule has 0 fully saturated rings. The number of fused-ring (bicyclic) bond motifs is 4. The number of benzene rings is 4. The molecule has 1 radical (unpaired) electrons. The fraction of sp³-hybridized carbons (Fsp3) is 0.267. The molecule has 8 aliphatic heterocycles. The van der Waals surface area contributed by atoms with E-state index in [0.29, 0.717) is 71.8 Å². The number of nitrogens with zero attached hydrogens (tertiary/aromatic N) is 16. The fourth-order valence-corrected chi connectivity index (χ4v) is 15.2. The van der Waals surface area contributed by atoms with Crippen molar-refractivity contribution >= 4 is 177 Å². The summed E-state index contributed by atoms with van der Waals surface area (Å²) in [5, 5.41) is 44.2. The molecule has 4 aromatic carbocycles. The predicted octanol–water partition coefficient (Wildman–Crippen LogP) is 1.29. The second-order valence-electron chi connectivity index (χ2n) is 20.8. The maximum Gasteiger partial charge on any atom is 2.00 e. The van der Waals surface area contributed by atoms with Crippen LogP contribution in [0.25, 0.3) is 0 Å². The minimum Gasteiger partial charge on any atom is -0.308 e. The van der Waals surface area contributed by atoms with E-state index in [2.05, 4.69) is 82.9 Å². The number of hydrogen-bond donors (Lipinski definition) is 4. The van der Waals surface area contributed by atoms with Crippen LogP contribution in [0.4, 0.5) is 22.7 Å². The molecule has 8 heterocycles. The summed E-state index contributed by atoms with van der Waals surface area (Å²) in [6.45, 7) is 7.79. The van der Waals surface area contributed by atoms with Crippen LogP contribution in [0.1, 0.15) is 79.1 Å². The third-order valence-corrected chi connectivity index (χ3v) is 21.3. The van der Waals surface area contributed by atoms with E-state index < -0.39 is 83.2 Å². The average molecular weight is 1630 g/mol. The summed E-state index contributed by atoms with van der Waals surface area (Å²) in [5.41, 5.74) is 15.0. The van der Waals surface area contributed by atoms with E-state index in [1.807, 2.05) is 27.7 Å². The standard InChI is InChI=1S/4C14H15N5O3S.4CO2.Co.Ni/c4*1-3-9-8-12(16-15-9)17-18-13-14(20)19(2)10-6-4-5-7-11(10)23(13,21)22;4*2-1-3;;/h4*4-7H,3,8H2,1-2H3,(H,16,17);;;;;;/q;;;;;;;;2*+2. The first-order chi connectivity index (χ1) is 49.4. The summed E-state index contributed by atoms with van der Waals surface area (Å²) >= 11 is 0. The van der Waals surface area contributed by atoms with Crippen molar-refractivity contribution in [1.82, 2.24) is 21.7 Å². The number of hydrazone groups is 4. The third-order valence-electron chi connectivity index (χ3n) is 14.5. The summed E-state index contributed by atoms with van der Waals surface area (Å²) in [7, 11) is -9.84. The quantitative estimate of drug-likeness (QED) is 0.143. The van der Waals surface area contributed by atoms with Gasteiger partial charge in [0.05, 0.1) is 42.3 Å². The first-order valence-corrected chi connectivity index (χ1v) is 35.7. The molecule has 0 saturated heterocycles. The van der Waals surface area contributed by atoms with Crippen molar-refractivity contribution in [2.75, 3.05) is 47.8 Å². The van der Waals surface area contributed by atoms with Crippen LogP contribution in [0, 0.1) is 0 Å². The van der Waals surface area contributed by atoms with Gasteiger partial charge in [0.15, 0.2) is 23.3 Å². The van der Waals surface area contributed by atoms with Gasteiger partial charge >= 0.3 is 57.9 Å². The van der Waals surface area contributed by atoms with Crippen molar-refractivity contribution in [2.24, 2.45) is 61.2 Å². The second-order valence-corrected chi connectivity index (χ2v) is 28.1. The van der Waals surface area contributed by atoms with Gasteiger partial charge in [-0.25, -0.2) is 33.7 Å². The van der Waals surface area contributed by atoms with Gasteiger partial charge in [0.2, 0.25) is 59.5 Å². The van der Waals surface area contributed by atoms with Crippen molar-refractivity contribution in [3.8, 4) is 0 Å². The number of anilines is 4. The molecule has 0 unspecified atom stereocenters. The summed E-state index contributed by atoms with van der Waals surface area (Å²) in [6, 6.07) is 25.3. The Balaban J connectivity index is 0.000000346. The van der Waals surface area contributed by atoms with Gasteiger partial charge in [-0.2, -0.15) is 79.2 Å². The summed E-state index contributed by atoms with van der Waals surface area (Å²) < 4.78 is 101. The van der Waals surface area contributed by atoms with Gasteiger partial charge in [-0.05, 0) is 74.2 Å². The number of rotatable bonds is 8. The maximum absolute atomic E-state index is 12.6. The van der Waals surface area contributed by atoms with Crippen LogP contribution in [0.5, 0.6) is 0 Å². The zero-order chi connectivity index (χ0) is 77.3. The van der Waals surface area contributed by atoms with Crippen molar-refractivity contribution in [3.05, 3.63) is 97.1 Å². The van der Waals surface area contributed by atoms with Crippen LogP contribution in [0.15, 0.2) is 178 Å². The number of amidine groups is 4. The maximum atomic E-state index is 12.6. The van der Waals surface area contributed by atoms with Crippen LogP contribution in [-0.2, 0) is 130 Å². The van der Waals surface area contributed by atoms with Gasteiger partial charge in [-0.3, -0.25) is 40.9 Å². The van der Waals surface area contributed by atoms with Crippen molar-refractivity contribution in [3.63, 3.8) is 0 Å². The molecule has 4 aromatic rings. The van der Waals surface area contributed by atoms with Crippen molar-refractivity contribution in [1.29, 1.82) is 0 Å². The Kier molecular flexibility index (Phi) is 33.7. The van der Waals surface area contributed by atoms with E-state index in [-0.39, 0.29) is 77.5 Å². The summed E-state index contributed by atoms with van der Waals surface area (Å²) in [5.74, 6) is -1.09. The van der Waals surface area contributed by atoms with E-state index >= 15 is 0 Å². The van der Waals surface area contributed by atoms with Gasteiger partial charge in [-0.1, -0.05) is 76.2 Å². The van der Waals surface area contributed by atoms with Gasteiger partial charge < -0.3 is 19.6 Å². The first kappa shape index (κ1) is 88.5. The molecule has 0 aliphatic carbocycles. The Labute approximate surface area is 623 Å². The SMILES string of the molecule is CCC1=NN=C(NN=C2C(=O)N(C)c3ccccc3S2(=O)=O)C1.CCC1=NN=C(NN=C2C(=O)N(C)c3ccccc3S2(=O)=O)C1.CCC1=NN=C(NN=C2C(=O)N(C)c3ccccc3S2(=O)=O)C1.CCC1=NN=C(NN=C2C(=O)N(C)c3ccccc3S2(=O)=O)C1.O=C=O.O=C=O.O=C=O.O=C=O.[Co+2].[Ni+2]. The van der Waals surface area contributed by atoms with E-state index in [0.717, 1.165) is 48.5 Å². The van der Waals surface area contributed by atoms with E-state index in [1.54, 1.807) is 72.8 Å². The van der Waals surface area contributed by atoms with Crippen LogP contribution in [0.3, 0.4) is 0 Å². The number of hydrogen-bond acceptors (Lipinski definition) is 36. The monoisotopic (exact) mass is 1630 g/mol. The molecular formula is C60H60CoN20NiO20S4+4. The minimum absolute atomic E-state index is 0. The molecule has 46 heteroatoms. The van der Waals surface area contributed by atoms with Crippen LogP contribution >= 0.6 is 0 Å². The molecule has 4 N–H and O–H groups in total. The molecule has 559 valence electrons. The number of carbonyl (C=O) groups is 4. The zero-order valence-corrected chi connectivity index (χ0v) is 61.8. The topological polar surface area (TPSA) is 551 Å². The molecule has 12 rings (SSSR count). The fourth-order valence-electron chi connectivity index (χ4n) is 9.24. The number of sulfone groups is 4. The van der Waals surface area contributed by atoms with Crippen LogP contribution in [-0.4, -0.2) is 176 Å². The normalized spacial score (nSPS) is 18.6. The largest absolute Gasteiger partial charge is 2.00 e. The van der Waals surface area contributed by atoms with Gasteiger partial charge in [0.25, 0.3) is 23.6 Å². The Hall–Kier alpha value is -11.7. The molecule has 0 atom stereocenters. The minimum atomic E-state index is -3.97. The molecule has 0 spiro atoms. The smallest absolute Gasteiger partial charge is 0.308 e. The van der Waals surface area contributed by atoms with Gasteiger partial charge in [0, 0.05) is 76.7 Å². The molecular weight excluding hydrogens is 1570 g/mol. The number of carbonyl (C=O) groups excluding carboxylic acids is 12. The third kappa shape index (κ3) is 20.8. The van der Waals surface area contributed by atoms with Crippen LogP contribution in [0.2, 0.25) is 0 Å². The number of para-hydroxylation sites is 4. The Morgan fingerprint density at radius 3 is 0.642 bits per heavy atom. The Bertz CT molecular complexity index is 4480. The first-order valence-electron chi connectivity index (χ1n) is 29.8. The molecule has 0 saturated carbocycles. The zero-order valence-electron chi connectivity index (χ0n) is 56.5. The van der Waals surface area contributed by atoms with Crippen molar-refractivity contribution in [2.45, 2.75) is 98.6 Å². The molecule has 40 nitrogen and oxygen atoms in total. The molecule has 106 heavy (non-hydrogen) atoms. The summed E-state index contributed by atoms with van der Waals surface area (Å²) in [4.78, 5) is 120. The van der Waals surface area contributed by atoms with Crippen LogP contribution < -0.4 is 41.3 Å². The van der Waals surface area contributed by atoms with E-state index in [1.165, 1.54) is 72.1 Å². The summed E-state index contributed by atoms with van der Waals surface area (Å²) in [6.07, 6.45) is 5.86. The Morgan fingerprint density at radius 1 is 0.330 bits per heavy atom.